The molecule has 7 nitrogen and oxygen atoms in total. The summed E-state index contributed by atoms with van der Waals surface area (Å²) in [5.74, 6) is 1.38. The Morgan fingerprint density at radius 3 is 2.57 bits per heavy atom. The van der Waals surface area contributed by atoms with Gasteiger partial charge in [-0.2, -0.15) is 0 Å². The van der Waals surface area contributed by atoms with E-state index in [1.165, 1.54) is 0 Å². The Morgan fingerprint density at radius 2 is 1.89 bits per heavy atom. The fraction of sp³-hybridized carbons (Fsp3) is 0.536. The predicted octanol–water partition coefficient (Wildman–Crippen LogP) is 4.78. The van der Waals surface area contributed by atoms with Crippen molar-refractivity contribution in [3.8, 4) is 5.75 Å². The van der Waals surface area contributed by atoms with E-state index in [2.05, 4.69) is 17.1 Å². The van der Waals surface area contributed by atoms with E-state index in [9.17, 15) is 9.90 Å². The molecule has 2 aromatic carbocycles. The molecule has 4 atom stereocenters. The third-order valence-electron chi connectivity index (χ3n) is 7.46. The third-order valence-corrected chi connectivity index (χ3v) is 7.46. The molecule has 0 bridgehead atoms. The number of aliphatic hydroxyl groups is 1. The lowest BCUT2D eigenvalue weighted by atomic mass is 9.80. The van der Waals surface area contributed by atoms with Crippen molar-refractivity contribution in [1.29, 1.82) is 0 Å². The molecule has 188 valence electrons. The van der Waals surface area contributed by atoms with Gasteiger partial charge in [-0.3, -0.25) is 0 Å². The summed E-state index contributed by atoms with van der Waals surface area (Å²) in [4.78, 5) is 15.0. The number of aliphatic hydroxyl groups excluding tert-OH is 1. The molecule has 35 heavy (non-hydrogen) atoms. The molecule has 1 amide bonds. The number of carbonyl (C=O) groups excluding carboxylic acids is 1. The Morgan fingerprint density at radius 1 is 1.14 bits per heavy atom. The number of alkyl carbamates (subject to hydrolysis) is 1. The van der Waals surface area contributed by atoms with E-state index in [-0.39, 0.29) is 30.7 Å². The van der Waals surface area contributed by atoms with Crippen LogP contribution in [0.15, 0.2) is 48.5 Å². The topological polar surface area (TPSA) is 80.3 Å². The van der Waals surface area contributed by atoms with Gasteiger partial charge < -0.3 is 29.5 Å². The van der Waals surface area contributed by atoms with E-state index in [0.29, 0.717) is 19.1 Å². The molecule has 2 heterocycles. The normalized spacial score (nSPS) is 25.5. The molecule has 7 heteroatoms. The summed E-state index contributed by atoms with van der Waals surface area (Å²) in [5.41, 5.74) is 2.85. The molecule has 2 N–H and O–H groups in total. The molecule has 2 aromatic rings. The molecule has 5 rings (SSSR count). The average Bonchev–Trinajstić information content (AvgIpc) is 3.70. The maximum atomic E-state index is 12.9. The summed E-state index contributed by atoms with van der Waals surface area (Å²) in [7, 11) is 0. The van der Waals surface area contributed by atoms with Crippen LogP contribution in [0.1, 0.15) is 56.7 Å². The Kier molecular flexibility index (Phi) is 7.16. The Bertz CT molecular complexity index is 1000. The standard InChI is InChI=1S/C28H36N2O5/c1-18-26(29-28(32)34-17-20-6-4-3-5-7-20)24-16-23(35-22-12-14-33-15-13-22)10-11-25(24)30(19(2)31)27(18)21-8-9-21/h3-7,10-11,16,18-19,21-22,26-27,31H,8-9,12-15,17H2,1-2H3,(H,29,32)/t18-,19?,26?,27-/m1/s1. The summed E-state index contributed by atoms with van der Waals surface area (Å²) in [6.45, 7) is 5.63. The number of amides is 1. The molecular weight excluding hydrogens is 444 g/mol. The highest BCUT2D eigenvalue weighted by Gasteiger charge is 2.48. The van der Waals surface area contributed by atoms with Gasteiger partial charge in [0.1, 0.15) is 24.7 Å². The second-order valence-corrected chi connectivity index (χ2v) is 10.1. The van der Waals surface area contributed by atoms with Crippen molar-refractivity contribution in [3.05, 3.63) is 59.7 Å². The molecule has 1 saturated carbocycles. The number of hydrogen-bond donors (Lipinski definition) is 2. The van der Waals surface area contributed by atoms with Crippen LogP contribution in [0.25, 0.3) is 0 Å². The zero-order valence-corrected chi connectivity index (χ0v) is 20.6. The Hall–Kier alpha value is -2.77. The van der Waals surface area contributed by atoms with Crippen molar-refractivity contribution in [1.82, 2.24) is 5.32 Å². The van der Waals surface area contributed by atoms with Gasteiger partial charge in [-0.25, -0.2) is 4.79 Å². The van der Waals surface area contributed by atoms with E-state index in [1.54, 1.807) is 0 Å². The first kappa shape index (κ1) is 23.9. The molecule has 0 spiro atoms. The lowest BCUT2D eigenvalue weighted by Gasteiger charge is -2.48. The molecular formula is C28H36N2O5. The molecule has 2 unspecified atom stereocenters. The molecule has 2 fully saturated rings. The van der Waals surface area contributed by atoms with Gasteiger partial charge in [-0.15, -0.1) is 0 Å². The van der Waals surface area contributed by atoms with Crippen LogP contribution in [0, 0.1) is 11.8 Å². The number of nitrogens with one attached hydrogen (secondary N) is 1. The summed E-state index contributed by atoms with van der Waals surface area (Å²) in [6, 6.07) is 15.6. The molecule has 0 aromatic heterocycles. The summed E-state index contributed by atoms with van der Waals surface area (Å²) in [5, 5.41) is 13.9. The van der Waals surface area contributed by atoms with Gasteiger partial charge in [0.15, 0.2) is 0 Å². The van der Waals surface area contributed by atoms with Gasteiger partial charge in [-0.1, -0.05) is 37.3 Å². The van der Waals surface area contributed by atoms with Crippen LogP contribution in [0.2, 0.25) is 0 Å². The summed E-state index contributed by atoms with van der Waals surface area (Å²) < 4.78 is 17.3. The van der Waals surface area contributed by atoms with Gasteiger partial charge in [0, 0.05) is 36.1 Å². The van der Waals surface area contributed by atoms with E-state index in [1.807, 2.05) is 55.5 Å². The fourth-order valence-electron chi connectivity index (χ4n) is 5.62. The molecule has 1 aliphatic carbocycles. The lowest BCUT2D eigenvalue weighted by Crippen LogP contribution is -2.54. The van der Waals surface area contributed by atoms with Crippen LogP contribution in [-0.4, -0.2) is 42.8 Å². The van der Waals surface area contributed by atoms with E-state index >= 15 is 0 Å². The Balaban J connectivity index is 1.41. The van der Waals surface area contributed by atoms with Gasteiger partial charge >= 0.3 is 6.09 Å². The van der Waals surface area contributed by atoms with Gasteiger partial charge in [-0.05, 0) is 49.4 Å². The first-order valence-electron chi connectivity index (χ1n) is 12.8. The highest BCUT2D eigenvalue weighted by atomic mass is 16.5. The number of nitrogens with zero attached hydrogens (tertiary/aromatic N) is 1. The third kappa shape index (κ3) is 5.41. The minimum Gasteiger partial charge on any atom is -0.490 e. The summed E-state index contributed by atoms with van der Waals surface area (Å²) in [6.07, 6.45) is 3.07. The maximum Gasteiger partial charge on any atom is 0.407 e. The summed E-state index contributed by atoms with van der Waals surface area (Å²) >= 11 is 0. The quantitative estimate of drug-likeness (QED) is 0.594. The Labute approximate surface area is 207 Å². The predicted molar refractivity (Wildman–Crippen MR) is 133 cm³/mol. The van der Waals surface area contributed by atoms with Crippen molar-refractivity contribution in [2.24, 2.45) is 11.8 Å². The van der Waals surface area contributed by atoms with Crippen LogP contribution in [0.4, 0.5) is 10.5 Å². The number of hydrogen-bond acceptors (Lipinski definition) is 6. The van der Waals surface area contributed by atoms with E-state index in [4.69, 9.17) is 14.2 Å². The van der Waals surface area contributed by atoms with Crippen molar-refractivity contribution in [2.75, 3.05) is 18.1 Å². The SMILES string of the molecule is CC(O)N1c2ccc(OC3CCOCC3)cc2C(NC(=O)OCc2ccccc2)[C@@H](C)[C@@H]1C1CC1. The molecule has 1 saturated heterocycles. The number of ether oxygens (including phenoxy) is 3. The highest BCUT2D eigenvalue weighted by Crippen LogP contribution is 2.50. The minimum atomic E-state index is -0.630. The fourth-order valence-corrected chi connectivity index (χ4v) is 5.62. The largest absolute Gasteiger partial charge is 0.490 e. The minimum absolute atomic E-state index is 0.0900. The number of rotatable bonds is 7. The van der Waals surface area contributed by atoms with Crippen LogP contribution in [0.5, 0.6) is 5.75 Å². The highest BCUT2D eigenvalue weighted by molar-refractivity contribution is 5.70. The number of benzene rings is 2. The maximum absolute atomic E-state index is 12.9. The smallest absolute Gasteiger partial charge is 0.407 e. The first-order chi connectivity index (χ1) is 17.0. The lowest BCUT2D eigenvalue weighted by molar-refractivity contribution is 0.0254. The van der Waals surface area contributed by atoms with Crippen molar-refractivity contribution in [2.45, 2.75) is 70.6 Å². The second kappa shape index (κ2) is 10.5. The molecule has 2 aliphatic heterocycles. The second-order valence-electron chi connectivity index (χ2n) is 10.1. The van der Waals surface area contributed by atoms with Crippen molar-refractivity contribution >= 4 is 11.8 Å². The van der Waals surface area contributed by atoms with Crippen LogP contribution >= 0.6 is 0 Å². The first-order valence-corrected chi connectivity index (χ1v) is 12.8. The van der Waals surface area contributed by atoms with Crippen LogP contribution < -0.4 is 15.0 Å². The van der Waals surface area contributed by atoms with Crippen LogP contribution in [-0.2, 0) is 16.1 Å². The van der Waals surface area contributed by atoms with Crippen molar-refractivity contribution < 1.29 is 24.1 Å². The van der Waals surface area contributed by atoms with Crippen molar-refractivity contribution in [3.63, 3.8) is 0 Å². The van der Waals surface area contributed by atoms with Gasteiger partial charge in [0.25, 0.3) is 0 Å². The zero-order valence-electron chi connectivity index (χ0n) is 20.6. The number of fused-ring (bicyclic) bond motifs is 1. The van der Waals surface area contributed by atoms with E-state index < -0.39 is 12.3 Å². The van der Waals surface area contributed by atoms with E-state index in [0.717, 1.165) is 48.2 Å². The number of anilines is 1. The van der Waals surface area contributed by atoms with Gasteiger partial charge in [0.05, 0.1) is 19.3 Å². The monoisotopic (exact) mass is 480 g/mol. The molecule has 3 aliphatic rings. The molecule has 0 radical (unpaired) electrons. The average molecular weight is 481 g/mol. The zero-order chi connectivity index (χ0) is 24.4. The van der Waals surface area contributed by atoms with Gasteiger partial charge in [0.2, 0.25) is 0 Å². The number of carbonyl (C=O) groups is 1. The van der Waals surface area contributed by atoms with Crippen LogP contribution in [0.3, 0.4) is 0 Å².